The van der Waals surface area contributed by atoms with Crippen LogP contribution in [0.4, 0.5) is 0 Å². The summed E-state index contributed by atoms with van der Waals surface area (Å²) < 4.78 is 0.294. The fourth-order valence-electron chi connectivity index (χ4n) is 0.311. The molecule has 0 radical (unpaired) electrons. The van der Waals surface area contributed by atoms with Gasteiger partial charge >= 0.3 is 4.77 Å². The Morgan fingerprint density at radius 1 is 1.67 bits per heavy atom. The standard InChI is InChI=1S/C2H4BIO2/c4-3-1-2-5-6-3/h1-2H2. The van der Waals surface area contributed by atoms with Gasteiger partial charge in [-0.1, -0.05) is 0 Å². The fraction of sp³-hybridized carbons (Fsp3) is 1.00. The molecule has 1 heterocycles. The van der Waals surface area contributed by atoms with Gasteiger partial charge < -0.3 is 0 Å². The van der Waals surface area contributed by atoms with Gasteiger partial charge in [-0.05, 0) is 6.32 Å². The Labute approximate surface area is 50.1 Å². The predicted octanol–water partition coefficient (Wildman–Crippen LogP) is 0.871. The first-order valence-electron chi connectivity index (χ1n) is 1.82. The zero-order valence-corrected chi connectivity index (χ0v) is 5.34. The first kappa shape index (κ1) is 4.86. The van der Waals surface area contributed by atoms with Gasteiger partial charge in [0.1, 0.15) is 0 Å². The van der Waals surface area contributed by atoms with Crippen LogP contribution in [0.25, 0.3) is 0 Å². The van der Waals surface area contributed by atoms with Gasteiger partial charge in [0.25, 0.3) is 0 Å². The summed E-state index contributed by atoms with van der Waals surface area (Å²) in [7, 11) is 0. The van der Waals surface area contributed by atoms with Crippen molar-refractivity contribution in [2.75, 3.05) is 6.61 Å². The molecule has 1 aliphatic heterocycles. The topological polar surface area (TPSA) is 18.5 Å². The molecule has 0 aromatic rings. The van der Waals surface area contributed by atoms with Crippen molar-refractivity contribution in [3.63, 3.8) is 0 Å². The Morgan fingerprint density at radius 3 is 2.67 bits per heavy atom. The maximum atomic E-state index is 4.64. The summed E-state index contributed by atoms with van der Waals surface area (Å²) in [5.41, 5.74) is 0. The van der Waals surface area contributed by atoms with E-state index in [0.717, 1.165) is 12.9 Å². The lowest BCUT2D eigenvalue weighted by atomic mass is 9.98. The SMILES string of the molecule is IB1CCOO1. The Balaban J connectivity index is 2.18. The Kier molecular flexibility index (Phi) is 1.73. The second-order valence-electron chi connectivity index (χ2n) is 1.12. The molecular weight excluding hydrogens is 194 g/mol. The molecule has 34 valence electrons. The Hall–Kier alpha value is 0.715. The molecule has 0 aromatic carbocycles. The average molecular weight is 198 g/mol. The highest BCUT2D eigenvalue weighted by Gasteiger charge is 2.18. The first-order valence-corrected chi connectivity index (χ1v) is 3.06. The van der Waals surface area contributed by atoms with Crippen LogP contribution >= 0.6 is 22.4 Å². The molecule has 1 rings (SSSR count). The summed E-state index contributed by atoms with van der Waals surface area (Å²) in [6.45, 7) is 0.758. The molecule has 4 heteroatoms. The van der Waals surface area contributed by atoms with Crippen LogP contribution in [0.15, 0.2) is 0 Å². The third-order valence-electron chi connectivity index (χ3n) is 0.601. The zero-order valence-electron chi connectivity index (χ0n) is 3.19. The van der Waals surface area contributed by atoms with Crippen LogP contribution in [0.3, 0.4) is 0 Å². The molecular formula is C2H4BIO2. The Bertz CT molecular complexity index is 44.8. The van der Waals surface area contributed by atoms with Crippen molar-refractivity contribution in [3.05, 3.63) is 0 Å². The maximum absolute atomic E-state index is 4.64. The van der Waals surface area contributed by atoms with Crippen molar-refractivity contribution < 1.29 is 9.69 Å². The van der Waals surface area contributed by atoms with Crippen molar-refractivity contribution in [1.82, 2.24) is 0 Å². The minimum Gasteiger partial charge on any atom is -0.290 e. The van der Waals surface area contributed by atoms with Crippen LogP contribution in [0.5, 0.6) is 0 Å². The largest absolute Gasteiger partial charge is 0.410 e. The van der Waals surface area contributed by atoms with E-state index >= 15 is 0 Å². The molecule has 1 aliphatic rings. The van der Waals surface area contributed by atoms with Crippen molar-refractivity contribution in [1.29, 1.82) is 0 Å². The van der Waals surface area contributed by atoms with Crippen molar-refractivity contribution in [2.45, 2.75) is 6.32 Å². The van der Waals surface area contributed by atoms with E-state index < -0.39 is 0 Å². The minimum absolute atomic E-state index is 0.294. The van der Waals surface area contributed by atoms with Gasteiger partial charge in [0.15, 0.2) is 0 Å². The number of rotatable bonds is 0. The van der Waals surface area contributed by atoms with Crippen LogP contribution < -0.4 is 0 Å². The van der Waals surface area contributed by atoms with Gasteiger partial charge in [0.2, 0.25) is 0 Å². The highest BCUT2D eigenvalue weighted by Crippen LogP contribution is 2.10. The van der Waals surface area contributed by atoms with E-state index in [2.05, 4.69) is 32.1 Å². The quantitative estimate of drug-likeness (QED) is 0.326. The van der Waals surface area contributed by atoms with Crippen LogP contribution in [0, 0.1) is 0 Å². The molecule has 0 saturated carbocycles. The highest BCUT2D eigenvalue weighted by molar-refractivity contribution is 14.1. The van der Waals surface area contributed by atoms with E-state index in [1.165, 1.54) is 0 Å². The monoisotopic (exact) mass is 198 g/mol. The second kappa shape index (κ2) is 2.13. The van der Waals surface area contributed by atoms with Gasteiger partial charge in [-0.25, -0.2) is 0 Å². The zero-order chi connectivity index (χ0) is 4.41. The molecule has 0 atom stereocenters. The van der Waals surface area contributed by atoms with Crippen molar-refractivity contribution in [3.8, 4) is 0 Å². The molecule has 2 nitrogen and oxygen atoms in total. The third kappa shape index (κ3) is 1.09. The van der Waals surface area contributed by atoms with Crippen molar-refractivity contribution >= 4 is 27.1 Å². The van der Waals surface area contributed by atoms with E-state index in [1.807, 2.05) is 0 Å². The lowest BCUT2D eigenvalue weighted by Gasteiger charge is -1.84. The maximum Gasteiger partial charge on any atom is 0.410 e. The molecule has 0 aliphatic carbocycles. The smallest absolute Gasteiger partial charge is 0.290 e. The van der Waals surface area contributed by atoms with E-state index in [0.29, 0.717) is 4.77 Å². The first-order chi connectivity index (χ1) is 2.89. The van der Waals surface area contributed by atoms with Crippen LogP contribution in [0.2, 0.25) is 6.32 Å². The van der Waals surface area contributed by atoms with Gasteiger partial charge in [-0.2, -0.15) is 0 Å². The molecule has 0 N–H and O–H groups in total. The number of hydrogen-bond donors (Lipinski definition) is 0. The number of halogens is 1. The summed E-state index contributed by atoms with van der Waals surface area (Å²) in [5, 5.41) is 0. The van der Waals surface area contributed by atoms with Gasteiger partial charge in [0.05, 0.1) is 6.61 Å². The summed E-state index contributed by atoms with van der Waals surface area (Å²) in [6, 6.07) is 0. The lowest BCUT2D eigenvalue weighted by Crippen LogP contribution is -1.95. The lowest BCUT2D eigenvalue weighted by molar-refractivity contribution is -0.182. The normalized spacial score (nSPS) is 22.5. The van der Waals surface area contributed by atoms with Gasteiger partial charge in [-0.3, -0.25) is 9.69 Å². The Morgan fingerprint density at radius 2 is 2.50 bits per heavy atom. The average Bonchev–Trinajstić information content (AvgIpc) is 1.86. The van der Waals surface area contributed by atoms with E-state index in [-0.39, 0.29) is 0 Å². The number of hydrogen-bond acceptors (Lipinski definition) is 2. The summed E-state index contributed by atoms with van der Waals surface area (Å²) in [5.74, 6) is 0. The van der Waals surface area contributed by atoms with E-state index in [4.69, 9.17) is 0 Å². The van der Waals surface area contributed by atoms with Gasteiger partial charge in [-0.15, -0.1) is 22.4 Å². The fourth-order valence-corrected chi connectivity index (χ4v) is 0.712. The van der Waals surface area contributed by atoms with E-state index in [1.54, 1.807) is 0 Å². The van der Waals surface area contributed by atoms with Gasteiger partial charge in [0, 0.05) is 0 Å². The molecule has 0 amide bonds. The molecule has 1 saturated heterocycles. The second-order valence-corrected chi connectivity index (χ2v) is 2.51. The highest BCUT2D eigenvalue weighted by atomic mass is 127. The molecule has 1 fully saturated rings. The van der Waals surface area contributed by atoms with Crippen molar-refractivity contribution in [2.24, 2.45) is 0 Å². The third-order valence-corrected chi connectivity index (χ3v) is 1.43. The summed E-state index contributed by atoms with van der Waals surface area (Å²) in [4.78, 5) is 9.19. The molecule has 0 aromatic heterocycles. The van der Waals surface area contributed by atoms with E-state index in [9.17, 15) is 0 Å². The molecule has 0 spiro atoms. The predicted molar refractivity (Wildman–Crippen MR) is 31.6 cm³/mol. The summed E-state index contributed by atoms with van der Waals surface area (Å²) in [6.07, 6.45) is 1.03. The van der Waals surface area contributed by atoms with Crippen LogP contribution in [-0.2, 0) is 9.69 Å². The van der Waals surface area contributed by atoms with Crippen LogP contribution in [0.1, 0.15) is 0 Å². The summed E-state index contributed by atoms with van der Waals surface area (Å²) >= 11 is 2.18. The molecule has 6 heavy (non-hydrogen) atoms. The van der Waals surface area contributed by atoms with Crippen LogP contribution in [-0.4, -0.2) is 11.4 Å². The molecule has 0 unspecified atom stereocenters. The molecule has 0 bridgehead atoms. The minimum atomic E-state index is 0.294.